The molecule has 0 amide bonds. The Morgan fingerprint density at radius 2 is 1.94 bits per heavy atom. The number of hydrogen-bond donors (Lipinski definition) is 0. The minimum atomic E-state index is -5.21. The standard InChI is InChI=1S/C8H4ClF6NO/c9-1-3-5(7(11)12)16-2-4(10)6(3)17-8(13,14)15/h2,7H,1H2. The number of pyridine rings is 1. The van der Waals surface area contributed by atoms with Gasteiger partial charge in [0, 0.05) is 5.56 Å². The van der Waals surface area contributed by atoms with E-state index in [1.54, 1.807) is 0 Å². The summed E-state index contributed by atoms with van der Waals surface area (Å²) in [6.45, 7) is 0. The second kappa shape index (κ2) is 4.99. The van der Waals surface area contributed by atoms with Crippen molar-refractivity contribution in [2.45, 2.75) is 18.7 Å². The molecule has 2 nitrogen and oxygen atoms in total. The molecule has 17 heavy (non-hydrogen) atoms. The fraction of sp³-hybridized carbons (Fsp3) is 0.375. The third-order valence-corrected chi connectivity index (χ3v) is 1.94. The van der Waals surface area contributed by atoms with Crippen LogP contribution >= 0.6 is 11.6 Å². The lowest BCUT2D eigenvalue weighted by Gasteiger charge is -2.14. The molecule has 0 bridgehead atoms. The van der Waals surface area contributed by atoms with E-state index in [-0.39, 0.29) is 6.20 Å². The highest BCUT2D eigenvalue weighted by atomic mass is 35.5. The first-order chi connectivity index (χ1) is 7.76. The Morgan fingerprint density at radius 1 is 1.35 bits per heavy atom. The smallest absolute Gasteiger partial charge is 0.402 e. The van der Waals surface area contributed by atoms with Crippen LogP contribution in [0.2, 0.25) is 0 Å². The van der Waals surface area contributed by atoms with E-state index >= 15 is 0 Å². The topological polar surface area (TPSA) is 22.1 Å². The molecule has 0 fully saturated rings. The minimum Gasteiger partial charge on any atom is -0.402 e. The van der Waals surface area contributed by atoms with Crippen molar-refractivity contribution in [1.29, 1.82) is 0 Å². The molecule has 0 saturated heterocycles. The van der Waals surface area contributed by atoms with Gasteiger partial charge in [-0.3, -0.25) is 4.98 Å². The van der Waals surface area contributed by atoms with Gasteiger partial charge in [0.05, 0.1) is 12.1 Å². The first kappa shape index (κ1) is 13.9. The van der Waals surface area contributed by atoms with Crippen molar-refractivity contribution >= 4 is 11.6 Å². The highest BCUT2D eigenvalue weighted by molar-refractivity contribution is 6.17. The number of hydrogen-bond acceptors (Lipinski definition) is 2. The lowest BCUT2D eigenvalue weighted by molar-refractivity contribution is -0.275. The lowest BCUT2D eigenvalue weighted by Crippen LogP contribution is -2.20. The van der Waals surface area contributed by atoms with Crippen LogP contribution in [0.25, 0.3) is 0 Å². The highest BCUT2D eigenvalue weighted by Gasteiger charge is 2.35. The summed E-state index contributed by atoms with van der Waals surface area (Å²) in [7, 11) is 0. The van der Waals surface area contributed by atoms with E-state index in [0.717, 1.165) is 0 Å². The zero-order chi connectivity index (χ0) is 13.2. The van der Waals surface area contributed by atoms with Crippen molar-refractivity contribution in [1.82, 2.24) is 4.98 Å². The zero-order valence-corrected chi connectivity index (χ0v) is 8.62. The predicted octanol–water partition coefficient (Wildman–Crippen LogP) is 3.80. The highest BCUT2D eigenvalue weighted by Crippen LogP contribution is 2.34. The maximum Gasteiger partial charge on any atom is 0.573 e. The molecule has 1 heterocycles. The summed E-state index contributed by atoms with van der Waals surface area (Å²) in [5.41, 5.74) is -1.86. The van der Waals surface area contributed by atoms with Crippen molar-refractivity contribution in [3.05, 3.63) is 23.3 Å². The van der Waals surface area contributed by atoms with Gasteiger partial charge in [0.25, 0.3) is 6.43 Å². The van der Waals surface area contributed by atoms with E-state index in [4.69, 9.17) is 11.6 Å². The van der Waals surface area contributed by atoms with Crippen LogP contribution in [0.4, 0.5) is 26.3 Å². The Morgan fingerprint density at radius 3 is 2.35 bits per heavy atom. The Hall–Kier alpha value is -1.18. The summed E-state index contributed by atoms with van der Waals surface area (Å²) < 4.78 is 76.9. The Balaban J connectivity index is 3.30. The number of nitrogens with zero attached hydrogens (tertiary/aromatic N) is 1. The van der Waals surface area contributed by atoms with Gasteiger partial charge in [-0.1, -0.05) is 0 Å². The van der Waals surface area contributed by atoms with E-state index in [1.807, 2.05) is 0 Å². The van der Waals surface area contributed by atoms with E-state index < -0.39 is 41.5 Å². The van der Waals surface area contributed by atoms with Crippen LogP contribution in [0.3, 0.4) is 0 Å². The molecule has 0 aliphatic heterocycles. The largest absolute Gasteiger partial charge is 0.573 e. The second-order valence-corrected chi connectivity index (χ2v) is 3.05. The molecule has 0 aliphatic carbocycles. The maximum atomic E-state index is 13.0. The summed E-state index contributed by atoms with van der Waals surface area (Å²) in [6, 6.07) is 0. The normalized spacial score (nSPS) is 12.0. The van der Waals surface area contributed by atoms with Crippen LogP contribution in [0.5, 0.6) is 5.75 Å². The van der Waals surface area contributed by atoms with Gasteiger partial charge in [-0.05, 0) is 0 Å². The summed E-state index contributed by atoms with van der Waals surface area (Å²) in [6.07, 6.45) is -8.17. The Bertz CT molecular complexity index is 408. The number of aromatic nitrogens is 1. The second-order valence-electron chi connectivity index (χ2n) is 2.78. The number of rotatable bonds is 3. The zero-order valence-electron chi connectivity index (χ0n) is 7.86. The van der Waals surface area contributed by atoms with Crippen molar-refractivity contribution in [2.24, 2.45) is 0 Å². The molecular formula is C8H4ClF6NO. The van der Waals surface area contributed by atoms with Crippen LogP contribution in [-0.2, 0) is 5.88 Å². The van der Waals surface area contributed by atoms with Gasteiger partial charge in [-0.25, -0.2) is 13.2 Å². The Labute approximate surface area is 96.2 Å². The maximum absolute atomic E-state index is 13.0. The molecular weight excluding hydrogens is 276 g/mol. The molecule has 1 rings (SSSR count). The van der Waals surface area contributed by atoms with E-state index in [0.29, 0.717) is 0 Å². The Kier molecular flexibility index (Phi) is 4.07. The monoisotopic (exact) mass is 279 g/mol. The predicted molar refractivity (Wildman–Crippen MR) is 45.4 cm³/mol. The summed E-state index contributed by atoms with van der Waals surface area (Å²) in [4.78, 5) is 2.98. The van der Waals surface area contributed by atoms with Gasteiger partial charge >= 0.3 is 6.36 Å². The van der Waals surface area contributed by atoms with Crippen LogP contribution in [0.15, 0.2) is 6.20 Å². The first-order valence-electron chi connectivity index (χ1n) is 4.03. The van der Waals surface area contributed by atoms with Gasteiger partial charge in [-0.2, -0.15) is 0 Å². The molecule has 9 heteroatoms. The van der Waals surface area contributed by atoms with E-state index in [9.17, 15) is 26.3 Å². The summed E-state index contributed by atoms with van der Waals surface area (Å²) in [5.74, 6) is -3.67. The van der Waals surface area contributed by atoms with Crippen molar-refractivity contribution < 1.29 is 31.1 Å². The first-order valence-corrected chi connectivity index (χ1v) is 4.57. The number of ether oxygens (including phenoxy) is 1. The summed E-state index contributed by atoms with van der Waals surface area (Å²) in [5, 5.41) is 0. The quantitative estimate of drug-likeness (QED) is 0.620. The third-order valence-electron chi connectivity index (χ3n) is 1.68. The van der Waals surface area contributed by atoms with Crippen molar-refractivity contribution in [3.8, 4) is 5.75 Å². The molecule has 0 radical (unpaired) electrons. The molecule has 0 spiro atoms. The minimum absolute atomic E-state index is 0.221. The molecule has 0 aliphatic rings. The molecule has 1 aromatic heterocycles. The van der Waals surface area contributed by atoms with E-state index in [2.05, 4.69) is 9.72 Å². The van der Waals surface area contributed by atoms with Crippen molar-refractivity contribution in [2.75, 3.05) is 0 Å². The fourth-order valence-corrected chi connectivity index (χ4v) is 1.32. The van der Waals surface area contributed by atoms with Gasteiger partial charge in [0.1, 0.15) is 5.69 Å². The van der Waals surface area contributed by atoms with Gasteiger partial charge in [0.2, 0.25) is 0 Å². The summed E-state index contributed by atoms with van der Waals surface area (Å²) >= 11 is 5.19. The fourth-order valence-electron chi connectivity index (χ4n) is 1.07. The van der Waals surface area contributed by atoms with Crippen LogP contribution < -0.4 is 4.74 Å². The van der Waals surface area contributed by atoms with Crippen molar-refractivity contribution in [3.63, 3.8) is 0 Å². The number of halogens is 7. The van der Waals surface area contributed by atoms with Crippen LogP contribution in [0, 0.1) is 5.82 Å². The third kappa shape index (κ3) is 3.39. The molecule has 1 aromatic rings. The molecule has 96 valence electrons. The van der Waals surface area contributed by atoms with E-state index in [1.165, 1.54) is 0 Å². The van der Waals surface area contributed by atoms with Gasteiger partial charge in [-0.15, -0.1) is 24.8 Å². The van der Waals surface area contributed by atoms with Gasteiger partial charge in [0.15, 0.2) is 11.6 Å². The molecule has 0 atom stereocenters. The lowest BCUT2D eigenvalue weighted by atomic mass is 10.2. The van der Waals surface area contributed by atoms with Crippen LogP contribution in [-0.4, -0.2) is 11.3 Å². The molecule has 0 aromatic carbocycles. The average molecular weight is 280 g/mol. The SMILES string of the molecule is Fc1cnc(C(F)F)c(CCl)c1OC(F)(F)F. The molecule has 0 unspecified atom stereocenters. The van der Waals surface area contributed by atoms with Gasteiger partial charge < -0.3 is 4.74 Å². The number of alkyl halides is 6. The average Bonchev–Trinajstić information content (AvgIpc) is 2.18. The molecule has 0 N–H and O–H groups in total. The van der Waals surface area contributed by atoms with Crippen LogP contribution in [0.1, 0.15) is 17.7 Å². The molecule has 0 saturated carbocycles.